The second-order valence-electron chi connectivity index (χ2n) is 5.95. The fourth-order valence-electron chi connectivity index (χ4n) is 3.95. The predicted molar refractivity (Wildman–Crippen MR) is 70.9 cm³/mol. The van der Waals surface area contributed by atoms with Crippen molar-refractivity contribution in [3.8, 4) is 0 Å². The third-order valence-corrected chi connectivity index (χ3v) is 5.08. The van der Waals surface area contributed by atoms with Crippen molar-refractivity contribution in [3.05, 3.63) is 34.9 Å². The van der Waals surface area contributed by atoms with Gasteiger partial charge < -0.3 is 5.11 Å². The fourth-order valence-corrected chi connectivity index (χ4v) is 4.08. The highest BCUT2D eigenvalue weighted by Crippen LogP contribution is 2.63. The van der Waals surface area contributed by atoms with Gasteiger partial charge in [-0.2, -0.15) is 0 Å². The van der Waals surface area contributed by atoms with Crippen LogP contribution >= 0.6 is 11.6 Å². The van der Waals surface area contributed by atoms with Gasteiger partial charge in [0, 0.05) is 5.02 Å². The van der Waals surface area contributed by atoms with E-state index in [1.807, 2.05) is 12.1 Å². The normalized spacial score (nSPS) is 23.8. The molecule has 0 heterocycles. The Balaban J connectivity index is 1.90. The van der Waals surface area contributed by atoms with Crippen LogP contribution in [0, 0.1) is 5.41 Å². The van der Waals surface area contributed by atoms with E-state index >= 15 is 0 Å². The van der Waals surface area contributed by atoms with Gasteiger partial charge in [-0.3, -0.25) is 4.79 Å². The fraction of sp³-hybridized carbons (Fsp3) is 0.533. The van der Waals surface area contributed by atoms with Crippen molar-refractivity contribution in [2.75, 3.05) is 0 Å². The van der Waals surface area contributed by atoms with E-state index in [1.165, 1.54) is 25.7 Å². The van der Waals surface area contributed by atoms with E-state index < -0.39 is 11.4 Å². The molecule has 0 radical (unpaired) electrons. The van der Waals surface area contributed by atoms with Gasteiger partial charge in [-0.1, -0.05) is 36.6 Å². The zero-order chi connectivity index (χ0) is 12.8. The molecule has 0 atom stereocenters. The Morgan fingerprint density at radius 1 is 1.11 bits per heavy atom. The smallest absolute Gasteiger partial charge is 0.314 e. The van der Waals surface area contributed by atoms with Crippen molar-refractivity contribution in [3.63, 3.8) is 0 Å². The molecule has 2 aliphatic rings. The third kappa shape index (κ3) is 1.66. The summed E-state index contributed by atoms with van der Waals surface area (Å²) >= 11 is 5.88. The number of aliphatic carboxylic acids is 1. The standard InChI is InChI=1S/C15H17ClO2/c16-12-5-3-11(4-6-12)15(13(17)18)9-14(10-15)7-1-2-8-14/h3-6H,1-2,7-10H2,(H,17,18). The minimum absolute atomic E-state index is 0.317. The molecule has 0 aromatic heterocycles. The first-order valence-corrected chi connectivity index (χ1v) is 6.94. The molecule has 0 unspecified atom stereocenters. The molecule has 0 amide bonds. The quantitative estimate of drug-likeness (QED) is 0.876. The first-order valence-electron chi connectivity index (χ1n) is 6.56. The van der Waals surface area contributed by atoms with Crippen LogP contribution in [0.1, 0.15) is 44.1 Å². The summed E-state index contributed by atoms with van der Waals surface area (Å²) in [6.07, 6.45) is 6.53. The molecule has 2 fully saturated rings. The Morgan fingerprint density at radius 2 is 1.67 bits per heavy atom. The maximum absolute atomic E-state index is 11.7. The monoisotopic (exact) mass is 264 g/mol. The molecular formula is C15H17ClO2. The van der Waals surface area contributed by atoms with Gasteiger partial charge in [0.2, 0.25) is 0 Å². The van der Waals surface area contributed by atoms with Crippen molar-refractivity contribution < 1.29 is 9.90 Å². The summed E-state index contributed by atoms with van der Waals surface area (Å²) < 4.78 is 0. The van der Waals surface area contributed by atoms with Crippen LogP contribution in [0.25, 0.3) is 0 Å². The van der Waals surface area contributed by atoms with Crippen LogP contribution in [-0.2, 0) is 10.2 Å². The van der Waals surface area contributed by atoms with Crippen molar-refractivity contribution in [1.82, 2.24) is 0 Å². The molecule has 1 aromatic rings. The molecule has 2 saturated carbocycles. The topological polar surface area (TPSA) is 37.3 Å². The van der Waals surface area contributed by atoms with Crippen molar-refractivity contribution >= 4 is 17.6 Å². The number of halogens is 1. The van der Waals surface area contributed by atoms with E-state index in [0.29, 0.717) is 10.4 Å². The molecular weight excluding hydrogens is 248 g/mol. The second kappa shape index (κ2) is 3.99. The summed E-state index contributed by atoms with van der Waals surface area (Å²) in [7, 11) is 0. The second-order valence-corrected chi connectivity index (χ2v) is 6.39. The van der Waals surface area contributed by atoms with Crippen LogP contribution < -0.4 is 0 Å². The minimum atomic E-state index is -0.678. The summed E-state index contributed by atoms with van der Waals surface area (Å²) in [6.45, 7) is 0. The Bertz CT molecular complexity index is 464. The van der Waals surface area contributed by atoms with Gasteiger partial charge in [-0.05, 0) is 48.8 Å². The summed E-state index contributed by atoms with van der Waals surface area (Å²) in [4.78, 5) is 11.7. The van der Waals surface area contributed by atoms with Crippen LogP contribution in [0.2, 0.25) is 5.02 Å². The molecule has 1 spiro atoms. The molecule has 0 aliphatic heterocycles. The van der Waals surface area contributed by atoms with Gasteiger partial charge in [0.05, 0.1) is 5.41 Å². The average Bonchev–Trinajstić information content (AvgIpc) is 2.76. The molecule has 96 valence electrons. The van der Waals surface area contributed by atoms with Crippen LogP contribution in [0.5, 0.6) is 0 Å². The maximum Gasteiger partial charge on any atom is 0.314 e. The number of carbonyl (C=O) groups is 1. The lowest BCUT2D eigenvalue weighted by atomic mass is 9.49. The summed E-state index contributed by atoms with van der Waals surface area (Å²) in [5.41, 5.74) is 0.573. The highest BCUT2D eigenvalue weighted by Gasteiger charge is 2.60. The van der Waals surface area contributed by atoms with E-state index in [0.717, 1.165) is 18.4 Å². The minimum Gasteiger partial charge on any atom is -0.481 e. The first-order chi connectivity index (χ1) is 8.56. The van der Waals surface area contributed by atoms with Crippen molar-refractivity contribution in [2.24, 2.45) is 5.41 Å². The Kier molecular flexibility index (Phi) is 2.67. The summed E-state index contributed by atoms with van der Waals surface area (Å²) in [5.74, 6) is -0.678. The number of rotatable bonds is 2. The van der Waals surface area contributed by atoms with E-state index in [4.69, 9.17) is 11.6 Å². The third-order valence-electron chi connectivity index (χ3n) is 4.82. The molecule has 0 saturated heterocycles. The molecule has 1 N–H and O–H groups in total. The highest BCUT2D eigenvalue weighted by molar-refractivity contribution is 6.30. The van der Waals surface area contributed by atoms with Gasteiger partial charge >= 0.3 is 5.97 Å². The Labute approximate surface area is 112 Å². The number of hydrogen-bond donors (Lipinski definition) is 1. The highest BCUT2D eigenvalue weighted by atomic mass is 35.5. The van der Waals surface area contributed by atoms with E-state index in [-0.39, 0.29) is 0 Å². The van der Waals surface area contributed by atoms with Gasteiger partial charge in [-0.25, -0.2) is 0 Å². The average molecular weight is 265 g/mol. The lowest BCUT2D eigenvalue weighted by Gasteiger charge is -2.52. The lowest BCUT2D eigenvalue weighted by molar-refractivity contribution is -0.154. The van der Waals surface area contributed by atoms with Crippen molar-refractivity contribution in [2.45, 2.75) is 43.9 Å². The maximum atomic E-state index is 11.7. The van der Waals surface area contributed by atoms with E-state index in [1.54, 1.807) is 12.1 Å². The van der Waals surface area contributed by atoms with Gasteiger partial charge in [-0.15, -0.1) is 0 Å². The zero-order valence-corrected chi connectivity index (χ0v) is 11.0. The van der Waals surface area contributed by atoms with Crippen molar-refractivity contribution in [1.29, 1.82) is 0 Å². The SMILES string of the molecule is O=C(O)C1(c2ccc(Cl)cc2)CC2(CCCC2)C1. The first kappa shape index (κ1) is 12.0. The molecule has 2 nitrogen and oxygen atoms in total. The summed E-state index contributed by atoms with van der Waals surface area (Å²) in [5, 5.41) is 10.3. The van der Waals surface area contributed by atoms with Crippen LogP contribution in [0.15, 0.2) is 24.3 Å². The van der Waals surface area contributed by atoms with Gasteiger partial charge in [0.25, 0.3) is 0 Å². The predicted octanol–water partition coefficient (Wildman–Crippen LogP) is 4.02. The Morgan fingerprint density at radius 3 is 2.17 bits per heavy atom. The molecule has 0 bridgehead atoms. The molecule has 1 aromatic carbocycles. The lowest BCUT2D eigenvalue weighted by Crippen LogP contribution is -2.53. The van der Waals surface area contributed by atoms with Gasteiger partial charge in [0.15, 0.2) is 0 Å². The molecule has 3 rings (SSSR count). The molecule has 18 heavy (non-hydrogen) atoms. The van der Waals surface area contributed by atoms with Crippen LogP contribution in [-0.4, -0.2) is 11.1 Å². The van der Waals surface area contributed by atoms with Crippen LogP contribution in [0.3, 0.4) is 0 Å². The van der Waals surface area contributed by atoms with E-state index in [9.17, 15) is 9.90 Å². The molecule has 3 heteroatoms. The number of carboxylic acid groups (broad SMARTS) is 1. The summed E-state index contributed by atoms with van der Waals surface area (Å²) in [6, 6.07) is 7.33. The number of benzene rings is 1. The van der Waals surface area contributed by atoms with E-state index in [2.05, 4.69) is 0 Å². The van der Waals surface area contributed by atoms with Gasteiger partial charge in [0.1, 0.15) is 0 Å². The number of hydrogen-bond acceptors (Lipinski definition) is 1. The zero-order valence-electron chi connectivity index (χ0n) is 10.3. The Hall–Kier alpha value is -1.02. The number of carboxylic acids is 1. The largest absolute Gasteiger partial charge is 0.481 e. The van der Waals surface area contributed by atoms with Crippen LogP contribution in [0.4, 0.5) is 0 Å². The molecule has 2 aliphatic carbocycles.